The number of hydrogen-bond acceptors (Lipinski definition) is 3. The minimum absolute atomic E-state index is 0.00329. The molecule has 1 aliphatic heterocycles. The van der Waals surface area contributed by atoms with Crippen molar-refractivity contribution in [3.8, 4) is 5.75 Å². The molecular weight excluding hydrogens is 199 g/mol. The molecule has 1 unspecified atom stereocenters. The molecule has 0 aliphatic carbocycles. The van der Waals surface area contributed by atoms with Gasteiger partial charge in [-0.3, -0.25) is 0 Å². The topological polar surface area (TPSA) is 35.5 Å². The Morgan fingerprint density at radius 3 is 3.00 bits per heavy atom. The van der Waals surface area contributed by atoms with Crippen molar-refractivity contribution in [1.82, 2.24) is 0 Å². The van der Waals surface area contributed by atoms with Gasteiger partial charge in [-0.15, -0.1) is 0 Å². The van der Waals surface area contributed by atoms with Gasteiger partial charge in [0.2, 0.25) is 0 Å². The summed E-state index contributed by atoms with van der Waals surface area (Å²) in [5.41, 5.74) is 0.912. The summed E-state index contributed by atoms with van der Waals surface area (Å²) < 4.78 is 23.3. The lowest BCUT2D eigenvalue weighted by Crippen LogP contribution is -2.43. The first kappa shape index (κ1) is 9.96. The van der Waals surface area contributed by atoms with Crippen LogP contribution in [-0.4, -0.2) is 18.9 Å². The number of ether oxygens (including phenoxy) is 2. The maximum absolute atomic E-state index is 13.9. The molecule has 1 aliphatic rings. The van der Waals surface area contributed by atoms with E-state index in [0.29, 0.717) is 12.2 Å². The average molecular weight is 210 g/mol. The molecular formula is C11H11FO3. The predicted octanol–water partition coefficient (Wildman–Crippen LogP) is 1.85. The van der Waals surface area contributed by atoms with Crippen molar-refractivity contribution in [1.29, 1.82) is 0 Å². The summed E-state index contributed by atoms with van der Waals surface area (Å²) in [5.74, 6) is -2.89. The fourth-order valence-corrected chi connectivity index (χ4v) is 1.63. The van der Waals surface area contributed by atoms with E-state index in [0.717, 1.165) is 12.7 Å². The number of alkyl halides is 1. The number of benzene rings is 1. The highest BCUT2D eigenvalue weighted by atomic mass is 19.2. The quantitative estimate of drug-likeness (QED) is 0.663. The van der Waals surface area contributed by atoms with Crippen LogP contribution in [0.3, 0.4) is 0 Å². The fourth-order valence-electron chi connectivity index (χ4n) is 1.63. The maximum Gasteiger partial charge on any atom is 0.384 e. The number of para-hydroxylation sites is 1. The van der Waals surface area contributed by atoms with E-state index in [9.17, 15) is 9.18 Å². The molecule has 0 saturated heterocycles. The van der Waals surface area contributed by atoms with Crippen molar-refractivity contribution in [2.45, 2.75) is 18.7 Å². The molecule has 1 aromatic rings. The third-order valence-corrected chi connectivity index (χ3v) is 2.45. The van der Waals surface area contributed by atoms with Crippen molar-refractivity contribution in [2.75, 3.05) is 7.11 Å². The molecule has 0 fully saturated rings. The normalized spacial score (nSPS) is 23.9. The highest BCUT2D eigenvalue weighted by molar-refractivity contribution is 5.78. The van der Waals surface area contributed by atoms with Gasteiger partial charge in [-0.05, 0) is 18.1 Å². The monoisotopic (exact) mass is 210 g/mol. The summed E-state index contributed by atoms with van der Waals surface area (Å²) in [5, 5.41) is 0. The zero-order valence-corrected chi connectivity index (χ0v) is 8.33. The Kier molecular flexibility index (Phi) is 2.34. The average Bonchev–Trinajstić information content (AvgIpc) is 2.27. The van der Waals surface area contributed by atoms with Gasteiger partial charge in [0, 0.05) is 6.42 Å². The molecule has 0 aromatic heterocycles. The maximum atomic E-state index is 13.9. The Hall–Kier alpha value is -1.58. The predicted molar refractivity (Wildman–Crippen MR) is 51.2 cm³/mol. The Morgan fingerprint density at radius 1 is 1.53 bits per heavy atom. The molecule has 0 N–H and O–H groups in total. The van der Waals surface area contributed by atoms with Crippen molar-refractivity contribution in [3.05, 3.63) is 29.8 Å². The van der Waals surface area contributed by atoms with Crippen LogP contribution in [-0.2, 0) is 16.0 Å². The highest BCUT2D eigenvalue weighted by Gasteiger charge is 2.45. The van der Waals surface area contributed by atoms with Gasteiger partial charge in [0.05, 0.1) is 7.11 Å². The Balaban J connectivity index is 2.28. The molecule has 0 amide bonds. The van der Waals surface area contributed by atoms with Gasteiger partial charge in [0.1, 0.15) is 5.75 Å². The molecule has 0 bridgehead atoms. The molecule has 15 heavy (non-hydrogen) atoms. The van der Waals surface area contributed by atoms with Crippen LogP contribution in [0.25, 0.3) is 0 Å². The lowest BCUT2D eigenvalue weighted by Gasteiger charge is -2.29. The second kappa shape index (κ2) is 3.53. The van der Waals surface area contributed by atoms with Gasteiger partial charge in [-0.25, -0.2) is 4.79 Å². The van der Waals surface area contributed by atoms with E-state index in [-0.39, 0.29) is 6.42 Å². The number of hydrogen-bond donors (Lipinski definition) is 0. The largest absolute Gasteiger partial charge is 0.464 e. The van der Waals surface area contributed by atoms with E-state index in [1.165, 1.54) is 0 Å². The molecule has 0 spiro atoms. The molecule has 2 rings (SSSR count). The van der Waals surface area contributed by atoms with Crippen LogP contribution in [0, 0.1) is 0 Å². The molecule has 0 radical (unpaired) electrons. The van der Waals surface area contributed by atoms with Gasteiger partial charge in [0.25, 0.3) is 0 Å². The summed E-state index contributed by atoms with van der Waals surface area (Å²) in [6, 6.07) is 7.09. The van der Waals surface area contributed by atoms with E-state index >= 15 is 0 Å². The zero-order valence-electron chi connectivity index (χ0n) is 8.33. The second-order valence-electron chi connectivity index (χ2n) is 3.43. The number of carbonyl (C=O) groups excluding carboxylic acids is 1. The molecule has 1 heterocycles. The number of aryl methyl sites for hydroxylation is 1. The fraction of sp³-hybridized carbons (Fsp3) is 0.364. The van der Waals surface area contributed by atoms with Crippen molar-refractivity contribution in [3.63, 3.8) is 0 Å². The van der Waals surface area contributed by atoms with Gasteiger partial charge < -0.3 is 9.47 Å². The van der Waals surface area contributed by atoms with E-state index in [2.05, 4.69) is 4.74 Å². The number of halogens is 1. The summed E-state index contributed by atoms with van der Waals surface area (Å²) in [4.78, 5) is 11.2. The van der Waals surface area contributed by atoms with E-state index < -0.39 is 11.8 Å². The first-order valence-corrected chi connectivity index (χ1v) is 4.70. The van der Waals surface area contributed by atoms with Crippen molar-refractivity contribution in [2.24, 2.45) is 0 Å². The molecule has 80 valence electrons. The number of rotatable bonds is 1. The Morgan fingerprint density at radius 2 is 2.27 bits per heavy atom. The van der Waals surface area contributed by atoms with Crippen LogP contribution < -0.4 is 4.74 Å². The van der Waals surface area contributed by atoms with Gasteiger partial charge in [-0.1, -0.05) is 18.2 Å². The third kappa shape index (κ3) is 1.67. The van der Waals surface area contributed by atoms with Crippen LogP contribution in [0.2, 0.25) is 0 Å². The minimum atomic E-state index is -2.33. The van der Waals surface area contributed by atoms with Crippen molar-refractivity contribution < 1.29 is 18.7 Å². The van der Waals surface area contributed by atoms with E-state index in [1.54, 1.807) is 12.1 Å². The smallest absolute Gasteiger partial charge is 0.384 e. The summed E-state index contributed by atoms with van der Waals surface area (Å²) in [7, 11) is 1.15. The SMILES string of the molecule is COC(=O)C1(F)CCc2ccccc2O1. The third-order valence-electron chi connectivity index (χ3n) is 2.45. The Labute approximate surface area is 86.8 Å². The van der Waals surface area contributed by atoms with Crippen molar-refractivity contribution >= 4 is 5.97 Å². The number of esters is 1. The van der Waals surface area contributed by atoms with Crippen LogP contribution in [0.1, 0.15) is 12.0 Å². The summed E-state index contributed by atoms with van der Waals surface area (Å²) >= 11 is 0. The first-order valence-electron chi connectivity index (χ1n) is 4.70. The second-order valence-corrected chi connectivity index (χ2v) is 3.43. The standard InChI is InChI=1S/C11H11FO3/c1-14-10(13)11(12)7-6-8-4-2-3-5-9(8)15-11/h2-5H,6-7H2,1H3. The summed E-state index contributed by atoms with van der Waals surface area (Å²) in [6.07, 6.45) is 0.471. The summed E-state index contributed by atoms with van der Waals surface area (Å²) in [6.45, 7) is 0. The molecule has 0 saturated carbocycles. The highest BCUT2D eigenvalue weighted by Crippen LogP contribution is 2.34. The van der Waals surface area contributed by atoms with Crippen LogP contribution in [0.5, 0.6) is 5.75 Å². The van der Waals surface area contributed by atoms with Crippen LogP contribution >= 0.6 is 0 Å². The van der Waals surface area contributed by atoms with Crippen LogP contribution in [0.4, 0.5) is 4.39 Å². The Bertz CT molecular complexity index is 391. The van der Waals surface area contributed by atoms with Gasteiger partial charge >= 0.3 is 11.8 Å². The van der Waals surface area contributed by atoms with E-state index in [1.807, 2.05) is 12.1 Å². The molecule has 4 heteroatoms. The molecule has 1 aromatic carbocycles. The van der Waals surface area contributed by atoms with Gasteiger partial charge in [0.15, 0.2) is 0 Å². The minimum Gasteiger partial charge on any atom is -0.464 e. The molecule has 1 atom stereocenters. The number of methoxy groups -OCH3 is 1. The molecule has 3 nitrogen and oxygen atoms in total. The van der Waals surface area contributed by atoms with Crippen LogP contribution in [0.15, 0.2) is 24.3 Å². The first-order chi connectivity index (χ1) is 7.15. The zero-order chi connectivity index (χ0) is 10.9. The lowest BCUT2D eigenvalue weighted by atomic mass is 10.0. The number of carbonyl (C=O) groups is 1. The lowest BCUT2D eigenvalue weighted by molar-refractivity contribution is -0.180. The number of fused-ring (bicyclic) bond motifs is 1. The van der Waals surface area contributed by atoms with Gasteiger partial charge in [-0.2, -0.15) is 4.39 Å². The van der Waals surface area contributed by atoms with E-state index in [4.69, 9.17) is 4.74 Å².